The Hall–Kier alpha value is -2.41. The summed E-state index contributed by atoms with van der Waals surface area (Å²) in [6, 6.07) is 8.63. The molecule has 7 heteroatoms. The number of aryl methyl sites for hydroxylation is 1. The van der Waals surface area contributed by atoms with E-state index in [-0.39, 0.29) is 11.9 Å². The maximum atomic E-state index is 13.7. The molecule has 0 aliphatic heterocycles. The van der Waals surface area contributed by atoms with E-state index in [1.165, 1.54) is 6.07 Å². The van der Waals surface area contributed by atoms with Crippen molar-refractivity contribution < 1.29 is 8.91 Å². The van der Waals surface area contributed by atoms with Crippen LogP contribution in [0.15, 0.2) is 46.1 Å². The molecular formula is C18H19FN4OS. The van der Waals surface area contributed by atoms with Gasteiger partial charge < -0.3 is 9.84 Å². The normalized spacial score (nSPS) is 12.2. The standard InChI is InChI=1S/C18H19FN4OS/c1-4-25-16-8-7-14(10-20-16)21-12(3)18-22-17(23-24-18)13-6-5-11(2)15(19)9-13/h5-10,12,21H,4H2,1-3H3/t12-/m0/s1. The number of aromatic nitrogens is 3. The second-order valence-electron chi connectivity index (χ2n) is 5.60. The van der Waals surface area contributed by atoms with Crippen molar-refractivity contribution in [3.05, 3.63) is 53.8 Å². The number of nitrogens with zero attached hydrogens (tertiary/aromatic N) is 3. The average molecular weight is 358 g/mol. The van der Waals surface area contributed by atoms with Gasteiger partial charge in [0.2, 0.25) is 11.7 Å². The van der Waals surface area contributed by atoms with Crippen molar-refractivity contribution >= 4 is 17.4 Å². The van der Waals surface area contributed by atoms with E-state index in [0.717, 1.165) is 16.5 Å². The number of nitrogens with one attached hydrogen (secondary N) is 1. The molecule has 3 rings (SSSR count). The zero-order valence-electron chi connectivity index (χ0n) is 14.3. The van der Waals surface area contributed by atoms with Gasteiger partial charge in [0.1, 0.15) is 11.9 Å². The van der Waals surface area contributed by atoms with Gasteiger partial charge in [-0.25, -0.2) is 9.37 Å². The Morgan fingerprint density at radius 3 is 2.80 bits per heavy atom. The first-order valence-electron chi connectivity index (χ1n) is 8.02. The minimum Gasteiger partial charge on any atom is -0.373 e. The van der Waals surface area contributed by atoms with Crippen molar-refractivity contribution in [2.45, 2.75) is 31.8 Å². The number of halogens is 1. The van der Waals surface area contributed by atoms with Crippen molar-refractivity contribution in [1.82, 2.24) is 15.1 Å². The van der Waals surface area contributed by atoms with Crippen LogP contribution in [0.25, 0.3) is 11.4 Å². The van der Waals surface area contributed by atoms with Crippen LogP contribution in [0.1, 0.15) is 31.3 Å². The van der Waals surface area contributed by atoms with E-state index in [9.17, 15) is 4.39 Å². The average Bonchev–Trinajstić information content (AvgIpc) is 3.09. The highest BCUT2D eigenvalue weighted by molar-refractivity contribution is 7.99. The first-order valence-corrected chi connectivity index (χ1v) is 9.01. The summed E-state index contributed by atoms with van der Waals surface area (Å²) in [6.07, 6.45) is 1.78. The van der Waals surface area contributed by atoms with Crippen LogP contribution in [0.3, 0.4) is 0 Å². The van der Waals surface area contributed by atoms with Crippen molar-refractivity contribution in [2.75, 3.05) is 11.1 Å². The van der Waals surface area contributed by atoms with Gasteiger partial charge in [0.15, 0.2) is 0 Å². The van der Waals surface area contributed by atoms with Crippen molar-refractivity contribution in [3.63, 3.8) is 0 Å². The molecule has 1 N–H and O–H groups in total. The smallest absolute Gasteiger partial charge is 0.249 e. The molecule has 0 radical (unpaired) electrons. The Balaban J connectivity index is 1.71. The second-order valence-corrected chi connectivity index (χ2v) is 6.89. The van der Waals surface area contributed by atoms with Gasteiger partial charge >= 0.3 is 0 Å². The van der Waals surface area contributed by atoms with Gasteiger partial charge in [0, 0.05) is 5.56 Å². The molecule has 1 aromatic carbocycles. The fraction of sp³-hybridized carbons (Fsp3) is 0.278. The summed E-state index contributed by atoms with van der Waals surface area (Å²) in [5.74, 6) is 1.50. The Labute approximate surface area is 150 Å². The molecule has 2 heterocycles. The lowest BCUT2D eigenvalue weighted by Gasteiger charge is -2.10. The molecule has 0 saturated carbocycles. The summed E-state index contributed by atoms with van der Waals surface area (Å²) in [5, 5.41) is 8.21. The van der Waals surface area contributed by atoms with E-state index in [4.69, 9.17) is 4.52 Å². The van der Waals surface area contributed by atoms with Crippen LogP contribution in [0.4, 0.5) is 10.1 Å². The van der Waals surface area contributed by atoms with Gasteiger partial charge in [-0.05, 0) is 43.4 Å². The van der Waals surface area contributed by atoms with Crippen molar-refractivity contribution in [3.8, 4) is 11.4 Å². The van der Waals surface area contributed by atoms with E-state index < -0.39 is 0 Å². The van der Waals surface area contributed by atoms with Gasteiger partial charge in [-0.1, -0.05) is 24.2 Å². The molecule has 0 bridgehead atoms. The largest absolute Gasteiger partial charge is 0.373 e. The van der Waals surface area contributed by atoms with Gasteiger partial charge in [0.05, 0.1) is 16.9 Å². The van der Waals surface area contributed by atoms with E-state index >= 15 is 0 Å². The molecule has 0 aliphatic rings. The molecule has 0 saturated heterocycles. The summed E-state index contributed by atoms with van der Waals surface area (Å²) in [6.45, 7) is 5.72. The molecule has 0 aliphatic carbocycles. The Morgan fingerprint density at radius 1 is 1.28 bits per heavy atom. The van der Waals surface area contributed by atoms with E-state index in [2.05, 4.69) is 27.4 Å². The predicted octanol–water partition coefficient (Wildman–Crippen LogP) is 4.86. The molecule has 0 amide bonds. The second kappa shape index (κ2) is 7.65. The number of hydrogen-bond donors (Lipinski definition) is 1. The SMILES string of the molecule is CCSc1ccc(N[C@@H](C)c2nc(-c3ccc(C)c(F)c3)no2)cn1. The lowest BCUT2D eigenvalue weighted by molar-refractivity contribution is 0.368. The van der Waals surface area contributed by atoms with Crippen LogP contribution in [-0.2, 0) is 0 Å². The number of pyridine rings is 1. The third-order valence-corrected chi connectivity index (χ3v) is 4.48. The van der Waals surface area contributed by atoms with Crippen LogP contribution in [-0.4, -0.2) is 20.9 Å². The number of hydrogen-bond acceptors (Lipinski definition) is 6. The maximum Gasteiger partial charge on any atom is 0.249 e. The molecule has 5 nitrogen and oxygen atoms in total. The van der Waals surface area contributed by atoms with E-state index in [0.29, 0.717) is 22.8 Å². The summed E-state index contributed by atoms with van der Waals surface area (Å²) < 4.78 is 19.0. The first-order chi connectivity index (χ1) is 12.1. The highest BCUT2D eigenvalue weighted by atomic mass is 32.2. The minimum atomic E-state index is -0.286. The zero-order chi connectivity index (χ0) is 17.8. The summed E-state index contributed by atoms with van der Waals surface area (Å²) in [4.78, 5) is 8.74. The molecule has 130 valence electrons. The molecule has 0 fully saturated rings. The molecule has 0 spiro atoms. The molecular weight excluding hydrogens is 339 g/mol. The van der Waals surface area contributed by atoms with Gasteiger partial charge in [-0.15, -0.1) is 11.8 Å². The molecule has 1 atom stereocenters. The maximum absolute atomic E-state index is 13.7. The lowest BCUT2D eigenvalue weighted by Crippen LogP contribution is -2.07. The third-order valence-electron chi connectivity index (χ3n) is 3.65. The van der Waals surface area contributed by atoms with Gasteiger partial charge in [-0.2, -0.15) is 4.98 Å². The fourth-order valence-electron chi connectivity index (χ4n) is 2.27. The summed E-state index contributed by atoms with van der Waals surface area (Å²) in [5.41, 5.74) is 2.04. The van der Waals surface area contributed by atoms with Crippen LogP contribution < -0.4 is 5.32 Å². The van der Waals surface area contributed by atoms with Crippen molar-refractivity contribution in [1.29, 1.82) is 0 Å². The van der Waals surface area contributed by atoms with Gasteiger partial charge in [0.25, 0.3) is 0 Å². The van der Waals surface area contributed by atoms with Gasteiger partial charge in [-0.3, -0.25) is 0 Å². The number of rotatable bonds is 6. The number of benzene rings is 1. The lowest BCUT2D eigenvalue weighted by atomic mass is 10.1. The van der Waals surface area contributed by atoms with Crippen LogP contribution >= 0.6 is 11.8 Å². The third kappa shape index (κ3) is 4.17. The Kier molecular flexibility index (Phi) is 5.33. The Bertz CT molecular complexity index is 851. The molecule has 2 aromatic heterocycles. The van der Waals surface area contributed by atoms with E-state index in [1.807, 2.05) is 19.1 Å². The predicted molar refractivity (Wildman–Crippen MR) is 97.1 cm³/mol. The highest BCUT2D eigenvalue weighted by Gasteiger charge is 2.16. The highest BCUT2D eigenvalue weighted by Crippen LogP contribution is 2.23. The number of thioether (sulfide) groups is 1. The number of anilines is 1. The summed E-state index contributed by atoms with van der Waals surface area (Å²) in [7, 11) is 0. The quantitative estimate of drug-likeness (QED) is 0.635. The van der Waals surface area contributed by atoms with Crippen LogP contribution in [0, 0.1) is 12.7 Å². The fourth-order valence-corrected chi connectivity index (χ4v) is 2.86. The van der Waals surface area contributed by atoms with Crippen LogP contribution in [0.5, 0.6) is 0 Å². The summed E-state index contributed by atoms with van der Waals surface area (Å²) >= 11 is 1.69. The monoisotopic (exact) mass is 358 g/mol. The minimum absolute atomic E-state index is 0.192. The Morgan fingerprint density at radius 2 is 2.12 bits per heavy atom. The van der Waals surface area contributed by atoms with E-state index in [1.54, 1.807) is 37.0 Å². The zero-order valence-corrected chi connectivity index (χ0v) is 15.1. The molecule has 3 aromatic rings. The van der Waals surface area contributed by atoms with Crippen molar-refractivity contribution in [2.24, 2.45) is 0 Å². The topological polar surface area (TPSA) is 63.8 Å². The van der Waals surface area contributed by atoms with Crippen LogP contribution in [0.2, 0.25) is 0 Å². The first kappa shape index (κ1) is 17.4. The molecule has 0 unspecified atom stereocenters. The molecule has 25 heavy (non-hydrogen) atoms.